The lowest BCUT2D eigenvalue weighted by Gasteiger charge is -2.30. The number of hydrogen-bond donors (Lipinski definition) is 0. The second-order valence-corrected chi connectivity index (χ2v) is 7.53. The Kier molecular flexibility index (Phi) is 4.90. The standard InChI is InChI=1S/C17H11ClF3NO3S/c18-12-5-1-10(2-6-12)15-16(24)22(14(23)9-26(15)25)13-7-3-11(4-8-13)17(19,20)21/h1-8,15H,9H2/t15-,26-/m1/s1. The monoisotopic (exact) mass is 401 g/mol. The van der Waals surface area contributed by atoms with Gasteiger partial charge in [-0.3, -0.25) is 13.8 Å². The van der Waals surface area contributed by atoms with E-state index in [-0.39, 0.29) is 5.69 Å². The van der Waals surface area contributed by atoms with Crippen LogP contribution in [0, 0.1) is 0 Å². The SMILES string of the molecule is O=C1C[S@@](=O)[C@H](c2ccc(Cl)cc2)C(=O)N1c1ccc(C(F)(F)F)cc1. The number of carbonyl (C=O) groups is 2. The van der Waals surface area contributed by atoms with Crippen molar-refractivity contribution in [2.75, 3.05) is 10.7 Å². The predicted octanol–water partition coefficient (Wildman–Crippen LogP) is 3.72. The van der Waals surface area contributed by atoms with E-state index >= 15 is 0 Å². The summed E-state index contributed by atoms with van der Waals surface area (Å²) in [5.41, 5.74) is -0.471. The normalized spacial score (nSPS) is 21.2. The van der Waals surface area contributed by atoms with Crippen LogP contribution >= 0.6 is 11.6 Å². The Hall–Kier alpha value is -2.19. The lowest BCUT2D eigenvalue weighted by atomic mass is 10.1. The molecule has 0 N–H and O–H groups in total. The second-order valence-electron chi connectivity index (χ2n) is 5.57. The van der Waals surface area contributed by atoms with Crippen molar-refractivity contribution < 1.29 is 27.0 Å². The van der Waals surface area contributed by atoms with Crippen LogP contribution < -0.4 is 4.90 Å². The van der Waals surface area contributed by atoms with E-state index < -0.39 is 45.4 Å². The fourth-order valence-electron chi connectivity index (χ4n) is 2.62. The van der Waals surface area contributed by atoms with Crippen LogP contribution in [-0.4, -0.2) is 21.8 Å². The van der Waals surface area contributed by atoms with Crippen molar-refractivity contribution in [2.45, 2.75) is 11.4 Å². The van der Waals surface area contributed by atoms with Gasteiger partial charge in [0.2, 0.25) is 5.91 Å². The molecule has 0 aromatic heterocycles. The van der Waals surface area contributed by atoms with Crippen LogP contribution in [0.3, 0.4) is 0 Å². The molecule has 0 bridgehead atoms. The van der Waals surface area contributed by atoms with Gasteiger partial charge in [0.1, 0.15) is 11.0 Å². The lowest BCUT2D eigenvalue weighted by Crippen LogP contribution is -2.49. The van der Waals surface area contributed by atoms with Gasteiger partial charge in [-0.2, -0.15) is 13.2 Å². The fraction of sp³-hybridized carbons (Fsp3) is 0.176. The molecule has 2 aromatic carbocycles. The van der Waals surface area contributed by atoms with Gasteiger partial charge in [-0.25, -0.2) is 4.90 Å². The molecular weight excluding hydrogens is 391 g/mol. The Morgan fingerprint density at radius 1 is 1.00 bits per heavy atom. The van der Waals surface area contributed by atoms with Gasteiger partial charge < -0.3 is 0 Å². The summed E-state index contributed by atoms with van der Waals surface area (Å²) in [6.07, 6.45) is -4.53. The molecule has 1 fully saturated rings. The highest BCUT2D eigenvalue weighted by Gasteiger charge is 2.41. The number of amides is 2. The Morgan fingerprint density at radius 2 is 1.58 bits per heavy atom. The number of hydrogen-bond acceptors (Lipinski definition) is 3. The molecule has 9 heteroatoms. The third kappa shape index (κ3) is 3.52. The minimum atomic E-state index is -4.53. The average molecular weight is 402 g/mol. The van der Waals surface area contributed by atoms with Crippen molar-refractivity contribution in [3.05, 3.63) is 64.7 Å². The largest absolute Gasteiger partial charge is 0.416 e. The number of imide groups is 1. The maximum absolute atomic E-state index is 12.8. The summed E-state index contributed by atoms with van der Waals surface area (Å²) in [5, 5.41) is -0.661. The molecule has 0 radical (unpaired) electrons. The Balaban J connectivity index is 1.96. The minimum Gasteiger partial charge on any atom is -0.273 e. The first-order chi connectivity index (χ1) is 12.2. The number of anilines is 1. The number of carbonyl (C=O) groups excluding carboxylic acids is 2. The topological polar surface area (TPSA) is 54.5 Å². The zero-order valence-electron chi connectivity index (χ0n) is 13.0. The number of nitrogens with zero attached hydrogens (tertiary/aromatic N) is 1. The van der Waals surface area contributed by atoms with Crippen molar-refractivity contribution in [2.24, 2.45) is 0 Å². The third-order valence-electron chi connectivity index (χ3n) is 3.85. The predicted molar refractivity (Wildman–Crippen MR) is 91.1 cm³/mol. The van der Waals surface area contributed by atoms with E-state index in [2.05, 4.69) is 0 Å². The summed E-state index contributed by atoms with van der Waals surface area (Å²) in [4.78, 5) is 25.7. The zero-order valence-corrected chi connectivity index (χ0v) is 14.6. The van der Waals surface area contributed by atoms with Crippen molar-refractivity contribution >= 4 is 39.9 Å². The average Bonchev–Trinajstić information content (AvgIpc) is 2.56. The summed E-state index contributed by atoms with van der Waals surface area (Å²) in [6, 6.07) is 9.79. The van der Waals surface area contributed by atoms with Crippen LogP contribution in [0.15, 0.2) is 48.5 Å². The molecule has 0 saturated carbocycles. The van der Waals surface area contributed by atoms with Crippen molar-refractivity contribution in [3.8, 4) is 0 Å². The molecular formula is C17H11ClF3NO3S. The number of alkyl halides is 3. The molecule has 136 valence electrons. The van der Waals surface area contributed by atoms with Crippen LogP contribution in [-0.2, 0) is 26.6 Å². The molecule has 0 unspecified atom stereocenters. The summed E-state index contributed by atoms with van der Waals surface area (Å²) < 4.78 is 50.4. The van der Waals surface area contributed by atoms with E-state index in [0.717, 1.165) is 29.2 Å². The molecule has 2 aromatic rings. The lowest BCUT2D eigenvalue weighted by molar-refractivity contribution is -0.137. The highest BCUT2D eigenvalue weighted by molar-refractivity contribution is 7.87. The van der Waals surface area contributed by atoms with E-state index in [1.165, 1.54) is 24.3 Å². The van der Waals surface area contributed by atoms with Crippen LogP contribution in [0.2, 0.25) is 5.02 Å². The van der Waals surface area contributed by atoms with Crippen LogP contribution in [0.25, 0.3) is 0 Å². The summed E-state index contributed by atoms with van der Waals surface area (Å²) in [6.45, 7) is 0. The minimum absolute atomic E-state index is 0.00339. The number of benzene rings is 2. The van der Waals surface area contributed by atoms with Gasteiger partial charge in [0.15, 0.2) is 0 Å². The molecule has 1 aliphatic heterocycles. The smallest absolute Gasteiger partial charge is 0.273 e. The van der Waals surface area contributed by atoms with Crippen molar-refractivity contribution in [3.63, 3.8) is 0 Å². The van der Waals surface area contributed by atoms with Gasteiger partial charge in [-0.1, -0.05) is 23.7 Å². The van der Waals surface area contributed by atoms with Gasteiger partial charge in [-0.15, -0.1) is 0 Å². The van der Waals surface area contributed by atoms with Gasteiger partial charge in [-0.05, 0) is 42.0 Å². The third-order valence-corrected chi connectivity index (χ3v) is 5.63. The molecule has 4 nitrogen and oxygen atoms in total. The summed E-state index contributed by atoms with van der Waals surface area (Å²) in [7, 11) is -1.77. The maximum atomic E-state index is 12.8. The molecule has 26 heavy (non-hydrogen) atoms. The quantitative estimate of drug-likeness (QED) is 0.721. The molecule has 2 atom stereocenters. The molecule has 3 rings (SSSR count). The Labute approximate surface area is 154 Å². The van der Waals surface area contributed by atoms with Crippen molar-refractivity contribution in [1.29, 1.82) is 0 Å². The first-order valence-electron chi connectivity index (χ1n) is 7.35. The van der Waals surface area contributed by atoms with E-state index in [0.29, 0.717) is 10.6 Å². The maximum Gasteiger partial charge on any atom is 0.416 e. The fourth-order valence-corrected chi connectivity index (χ4v) is 4.08. The van der Waals surface area contributed by atoms with E-state index in [1.54, 1.807) is 0 Å². The molecule has 0 aliphatic carbocycles. The van der Waals surface area contributed by atoms with E-state index in [9.17, 15) is 27.0 Å². The molecule has 1 heterocycles. The Bertz CT molecular complexity index is 882. The number of halogens is 4. The van der Waals surface area contributed by atoms with Crippen LogP contribution in [0.5, 0.6) is 0 Å². The first-order valence-corrected chi connectivity index (χ1v) is 9.11. The van der Waals surface area contributed by atoms with Gasteiger partial charge in [0.05, 0.1) is 11.3 Å². The molecule has 2 amide bonds. The summed E-state index contributed by atoms with van der Waals surface area (Å²) in [5.74, 6) is -1.87. The second kappa shape index (κ2) is 6.85. The van der Waals surface area contributed by atoms with Gasteiger partial charge >= 0.3 is 6.18 Å². The molecule has 1 aliphatic rings. The Morgan fingerprint density at radius 3 is 2.12 bits per heavy atom. The van der Waals surface area contributed by atoms with Crippen LogP contribution in [0.1, 0.15) is 16.4 Å². The molecule has 0 spiro atoms. The highest BCUT2D eigenvalue weighted by atomic mass is 35.5. The van der Waals surface area contributed by atoms with Crippen LogP contribution in [0.4, 0.5) is 18.9 Å². The van der Waals surface area contributed by atoms with Crippen molar-refractivity contribution in [1.82, 2.24) is 0 Å². The number of rotatable bonds is 2. The van der Waals surface area contributed by atoms with E-state index in [4.69, 9.17) is 11.6 Å². The van der Waals surface area contributed by atoms with E-state index in [1.807, 2.05) is 0 Å². The highest BCUT2D eigenvalue weighted by Crippen LogP contribution is 2.34. The van der Waals surface area contributed by atoms with Gasteiger partial charge in [0.25, 0.3) is 5.91 Å². The zero-order chi connectivity index (χ0) is 19.1. The van der Waals surface area contributed by atoms with Gasteiger partial charge in [0, 0.05) is 15.8 Å². The molecule has 1 saturated heterocycles. The summed E-state index contributed by atoms with van der Waals surface area (Å²) >= 11 is 5.81. The first kappa shape index (κ1) is 18.6.